The van der Waals surface area contributed by atoms with Crippen molar-refractivity contribution >= 4 is 33.6 Å². The highest BCUT2D eigenvalue weighted by atomic mass is 79.9. The molecule has 0 aliphatic rings. The van der Waals surface area contributed by atoms with Crippen molar-refractivity contribution in [2.75, 3.05) is 6.54 Å². The average Bonchev–Trinajstić information content (AvgIpc) is 2.59. The van der Waals surface area contributed by atoms with Crippen molar-refractivity contribution in [2.24, 2.45) is 0 Å². The van der Waals surface area contributed by atoms with Crippen LogP contribution in [0.4, 0.5) is 4.39 Å². The number of halogens is 2. The van der Waals surface area contributed by atoms with Crippen molar-refractivity contribution in [2.45, 2.75) is 13.0 Å². The minimum atomic E-state index is -0.986. The Morgan fingerprint density at radius 2 is 1.80 bits per heavy atom. The van der Waals surface area contributed by atoms with E-state index in [0.717, 1.165) is 10.5 Å². The van der Waals surface area contributed by atoms with Crippen molar-refractivity contribution in [1.29, 1.82) is 0 Å². The fourth-order valence-electron chi connectivity index (χ4n) is 2.03. The number of ether oxygens (including phenoxy) is 1. The Kier molecular flexibility index (Phi) is 6.41. The molecule has 25 heavy (non-hydrogen) atoms. The highest BCUT2D eigenvalue weighted by molar-refractivity contribution is 9.10. The minimum Gasteiger partial charge on any atom is -0.453 e. The zero-order valence-corrected chi connectivity index (χ0v) is 14.9. The number of Topliss-reactive ketones (excluding diaryl/α,β-unsaturated/α-hetero) is 1. The third-order valence-corrected chi connectivity index (χ3v) is 3.81. The smallest absolute Gasteiger partial charge is 0.326 e. The number of ketones is 1. The first-order valence-electron chi connectivity index (χ1n) is 7.40. The molecule has 2 rings (SSSR count). The largest absolute Gasteiger partial charge is 0.453 e. The monoisotopic (exact) mass is 407 g/mol. The topological polar surface area (TPSA) is 72.5 Å². The molecule has 0 heterocycles. The maximum absolute atomic E-state index is 13.1. The van der Waals surface area contributed by atoms with Gasteiger partial charge in [-0.15, -0.1) is 0 Å². The van der Waals surface area contributed by atoms with Crippen molar-refractivity contribution in [3.63, 3.8) is 0 Å². The van der Waals surface area contributed by atoms with Crippen molar-refractivity contribution in [3.05, 3.63) is 69.9 Å². The summed E-state index contributed by atoms with van der Waals surface area (Å²) in [5.74, 6) is -2.27. The van der Waals surface area contributed by atoms with Gasteiger partial charge in [-0.1, -0.05) is 34.1 Å². The molecule has 1 atom stereocenters. The molecule has 1 amide bonds. The first-order valence-corrected chi connectivity index (χ1v) is 8.19. The summed E-state index contributed by atoms with van der Waals surface area (Å²) in [4.78, 5) is 35.8. The summed E-state index contributed by atoms with van der Waals surface area (Å²) < 4.78 is 18.9. The Morgan fingerprint density at radius 1 is 1.12 bits per heavy atom. The van der Waals surface area contributed by atoms with Crippen LogP contribution in [0.5, 0.6) is 0 Å². The number of hydrogen-bond acceptors (Lipinski definition) is 4. The molecule has 2 aromatic rings. The van der Waals surface area contributed by atoms with Gasteiger partial charge in [-0.3, -0.25) is 14.4 Å². The van der Waals surface area contributed by atoms with E-state index in [1.807, 2.05) is 0 Å². The van der Waals surface area contributed by atoms with Crippen LogP contribution in [0.3, 0.4) is 0 Å². The second-order valence-corrected chi connectivity index (χ2v) is 6.11. The Bertz CT molecular complexity index is 792. The van der Waals surface area contributed by atoms with Gasteiger partial charge in [0.25, 0.3) is 5.91 Å². The van der Waals surface area contributed by atoms with Gasteiger partial charge in [0.05, 0.1) is 0 Å². The van der Waals surface area contributed by atoms with E-state index in [-0.39, 0.29) is 11.3 Å². The molecule has 0 saturated carbocycles. The molecule has 0 radical (unpaired) electrons. The molecule has 7 heteroatoms. The molecule has 5 nitrogen and oxygen atoms in total. The zero-order valence-electron chi connectivity index (χ0n) is 13.3. The molecule has 0 unspecified atom stereocenters. The second-order valence-electron chi connectivity index (χ2n) is 5.20. The van der Waals surface area contributed by atoms with Crippen LogP contribution in [0.2, 0.25) is 0 Å². The van der Waals surface area contributed by atoms with E-state index in [2.05, 4.69) is 21.2 Å². The number of amides is 1. The van der Waals surface area contributed by atoms with Crippen molar-refractivity contribution in [1.82, 2.24) is 5.32 Å². The van der Waals surface area contributed by atoms with Gasteiger partial charge in [0, 0.05) is 15.6 Å². The number of esters is 1. The van der Waals surface area contributed by atoms with E-state index in [1.54, 1.807) is 24.3 Å². The fraction of sp³-hybridized carbons (Fsp3) is 0.167. The van der Waals surface area contributed by atoms with Gasteiger partial charge in [-0.05, 0) is 37.3 Å². The molecule has 0 fully saturated rings. The lowest BCUT2D eigenvalue weighted by atomic mass is 10.1. The lowest BCUT2D eigenvalue weighted by Gasteiger charge is -2.13. The van der Waals surface area contributed by atoms with Crippen LogP contribution in [0.1, 0.15) is 27.6 Å². The summed E-state index contributed by atoms with van der Waals surface area (Å²) in [6.07, 6.45) is -0.986. The standard InChI is InChI=1S/C18H15BrFNO4/c1-11(17(23)12-5-7-14(19)8-6-12)25-16(22)10-21-18(24)13-3-2-4-15(20)9-13/h2-9,11H,10H2,1H3,(H,21,24)/t11-/m1/s1. The second kappa shape index (κ2) is 8.53. The van der Waals surface area contributed by atoms with Crippen LogP contribution in [0.15, 0.2) is 53.0 Å². The quantitative estimate of drug-likeness (QED) is 0.589. The van der Waals surface area contributed by atoms with Gasteiger partial charge in [0.1, 0.15) is 12.4 Å². The first kappa shape index (κ1) is 18.8. The van der Waals surface area contributed by atoms with Gasteiger partial charge in [0.2, 0.25) is 5.78 Å². The summed E-state index contributed by atoms with van der Waals surface area (Å²) in [5.41, 5.74) is 0.499. The van der Waals surface area contributed by atoms with Gasteiger partial charge in [-0.2, -0.15) is 0 Å². The van der Waals surface area contributed by atoms with E-state index in [4.69, 9.17) is 4.74 Å². The summed E-state index contributed by atoms with van der Waals surface area (Å²) in [6.45, 7) is 1.03. The summed E-state index contributed by atoms with van der Waals surface area (Å²) in [6, 6.07) is 11.7. The fourth-order valence-corrected chi connectivity index (χ4v) is 2.29. The van der Waals surface area contributed by atoms with Crippen molar-refractivity contribution in [3.8, 4) is 0 Å². The van der Waals surface area contributed by atoms with Gasteiger partial charge in [0.15, 0.2) is 6.10 Å². The number of rotatable bonds is 6. The third-order valence-electron chi connectivity index (χ3n) is 3.29. The van der Waals surface area contributed by atoms with E-state index in [9.17, 15) is 18.8 Å². The highest BCUT2D eigenvalue weighted by Crippen LogP contribution is 2.13. The van der Waals surface area contributed by atoms with E-state index in [0.29, 0.717) is 5.56 Å². The van der Waals surface area contributed by atoms with Gasteiger partial charge >= 0.3 is 5.97 Å². The summed E-state index contributed by atoms with van der Waals surface area (Å²) in [5, 5.41) is 2.32. The normalized spacial score (nSPS) is 11.5. The first-order chi connectivity index (χ1) is 11.9. The molecule has 0 bridgehead atoms. The molecular formula is C18H15BrFNO4. The molecule has 0 aliphatic carbocycles. The number of carbonyl (C=O) groups excluding carboxylic acids is 3. The molecule has 1 N–H and O–H groups in total. The van der Waals surface area contributed by atoms with E-state index >= 15 is 0 Å². The zero-order chi connectivity index (χ0) is 18.4. The van der Waals surface area contributed by atoms with Gasteiger partial charge in [-0.25, -0.2) is 4.39 Å². The summed E-state index contributed by atoms with van der Waals surface area (Å²) in [7, 11) is 0. The van der Waals surface area contributed by atoms with E-state index < -0.39 is 30.3 Å². The Labute approximate surface area is 152 Å². The van der Waals surface area contributed by atoms with Crippen LogP contribution >= 0.6 is 15.9 Å². The maximum Gasteiger partial charge on any atom is 0.326 e. The molecule has 130 valence electrons. The maximum atomic E-state index is 13.1. The van der Waals surface area contributed by atoms with Crippen LogP contribution in [0, 0.1) is 5.82 Å². The van der Waals surface area contributed by atoms with Gasteiger partial charge < -0.3 is 10.1 Å². The molecule has 0 saturated heterocycles. The minimum absolute atomic E-state index is 0.0896. The number of benzene rings is 2. The Morgan fingerprint density at radius 3 is 2.44 bits per heavy atom. The molecule has 0 aromatic heterocycles. The lowest BCUT2D eigenvalue weighted by molar-refractivity contribution is -0.145. The number of nitrogens with one attached hydrogen (secondary N) is 1. The predicted molar refractivity (Wildman–Crippen MR) is 92.8 cm³/mol. The number of carbonyl (C=O) groups is 3. The van der Waals surface area contributed by atoms with Crippen LogP contribution in [-0.4, -0.2) is 30.3 Å². The Balaban J connectivity index is 1.86. The van der Waals surface area contributed by atoms with E-state index in [1.165, 1.54) is 25.1 Å². The van der Waals surface area contributed by atoms with Crippen LogP contribution < -0.4 is 5.32 Å². The molecular weight excluding hydrogens is 393 g/mol. The Hall–Kier alpha value is -2.54. The van der Waals surface area contributed by atoms with Crippen LogP contribution in [-0.2, 0) is 9.53 Å². The molecule has 2 aromatic carbocycles. The summed E-state index contributed by atoms with van der Waals surface area (Å²) >= 11 is 3.27. The van der Waals surface area contributed by atoms with Crippen LogP contribution in [0.25, 0.3) is 0 Å². The average molecular weight is 408 g/mol. The van der Waals surface area contributed by atoms with Crippen molar-refractivity contribution < 1.29 is 23.5 Å². The predicted octanol–water partition coefficient (Wildman–Crippen LogP) is 3.13. The highest BCUT2D eigenvalue weighted by Gasteiger charge is 2.20. The third kappa shape index (κ3) is 5.49. The molecule has 0 spiro atoms. The molecule has 0 aliphatic heterocycles. The number of hydrogen-bond donors (Lipinski definition) is 1. The lowest BCUT2D eigenvalue weighted by Crippen LogP contribution is -2.34. The SMILES string of the molecule is C[C@@H](OC(=O)CNC(=O)c1cccc(F)c1)C(=O)c1ccc(Br)cc1.